The molecule has 0 saturated carbocycles. The second kappa shape index (κ2) is 7.22. The standard InChI is InChI=1S/C22H27N3O2/c1-15-7-8-20-19(14-15)16(2)21(27-20)22(26)25-11-5-4-6-18(25)9-12-24-13-10-23-17(24)3/h7-8,10,13-14,18H,4-6,9,11-12H2,1-3H3/t18-/m1/s1. The highest BCUT2D eigenvalue weighted by Gasteiger charge is 2.30. The number of rotatable bonds is 4. The molecule has 142 valence electrons. The van der Waals surface area contributed by atoms with E-state index >= 15 is 0 Å². The van der Waals surface area contributed by atoms with E-state index in [1.54, 1.807) is 0 Å². The van der Waals surface area contributed by atoms with E-state index in [9.17, 15) is 4.79 Å². The van der Waals surface area contributed by atoms with E-state index in [1.807, 2.05) is 43.3 Å². The Balaban J connectivity index is 1.57. The van der Waals surface area contributed by atoms with Gasteiger partial charge >= 0.3 is 0 Å². The third-order valence-electron chi connectivity index (χ3n) is 5.80. The first-order valence-electron chi connectivity index (χ1n) is 9.83. The number of aromatic nitrogens is 2. The third kappa shape index (κ3) is 3.38. The summed E-state index contributed by atoms with van der Waals surface area (Å²) in [6.07, 6.45) is 8.08. The first-order chi connectivity index (χ1) is 13.0. The van der Waals surface area contributed by atoms with Gasteiger partial charge < -0.3 is 13.9 Å². The maximum Gasteiger partial charge on any atom is 0.290 e. The molecule has 5 nitrogen and oxygen atoms in total. The van der Waals surface area contributed by atoms with Gasteiger partial charge in [-0.15, -0.1) is 0 Å². The molecule has 1 fully saturated rings. The fourth-order valence-corrected chi connectivity index (χ4v) is 4.17. The number of carbonyl (C=O) groups excluding carboxylic acids is 1. The van der Waals surface area contributed by atoms with Crippen molar-refractivity contribution in [1.29, 1.82) is 0 Å². The van der Waals surface area contributed by atoms with Gasteiger partial charge in [-0.1, -0.05) is 11.6 Å². The predicted molar refractivity (Wildman–Crippen MR) is 106 cm³/mol. The molecule has 3 heterocycles. The maximum atomic E-state index is 13.3. The minimum atomic E-state index is 0.0356. The number of fused-ring (bicyclic) bond motifs is 1. The van der Waals surface area contributed by atoms with E-state index in [-0.39, 0.29) is 11.9 Å². The molecule has 0 unspecified atom stereocenters. The molecular weight excluding hydrogens is 338 g/mol. The summed E-state index contributed by atoms with van der Waals surface area (Å²) in [4.78, 5) is 19.7. The van der Waals surface area contributed by atoms with Crippen LogP contribution >= 0.6 is 0 Å². The van der Waals surface area contributed by atoms with Gasteiger partial charge in [0.1, 0.15) is 11.4 Å². The Kier molecular flexibility index (Phi) is 4.77. The lowest BCUT2D eigenvalue weighted by molar-refractivity contribution is 0.0564. The molecule has 3 aromatic rings. The second-order valence-electron chi connectivity index (χ2n) is 7.66. The molecule has 1 atom stereocenters. The monoisotopic (exact) mass is 365 g/mol. The van der Waals surface area contributed by atoms with Gasteiger partial charge in [0.05, 0.1) is 0 Å². The molecule has 1 saturated heterocycles. The van der Waals surface area contributed by atoms with Crippen molar-refractivity contribution in [2.24, 2.45) is 0 Å². The molecule has 0 radical (unpaired) electrons. The maximum absolute atomic E-state index is 13.3. The number of hydrogen-bond donors (Lipinski definition) is 0. The van der Waals surface area contributed by atoms with Gasteiger partial charge in [-0.2, -0.15) is 0 Å². The van der Waals surface area contributed by atoms with Gasteiger partial charge in [0.15, 0.2) is 5.76 Å². The Labute approximate surface area is 160 Å². The molecule has 5 heteroatoms. The van der Waals surface area contributed by atoms with Crippen LogP contribution in [0.5, 0.6) is 0 Å². The van der Waals surface area contributed by atoms with Gasteiger partial charge in [-0.05, 0) is 58.6 Å². The van der Waals surface area contributed by atoms with Crippen molar-refractivity contribution in [3.05, 3.63) is 53.3 Å². The molecule has 4 rings (SSSR count). The SMILES string of the molecule is Cc1ccc2oc(C(=O)N3CCCC[C@@H]3CCn3ccnc3C)c(C)c2c1. The van der Waals surface area contributed by atoms with Crippen LogP contribution in [0.4, 0.5) is 0 Å². The van der Waals surface area contributed by atoms with Crippen molar-refractivity contribution in [2.75, 3.05) is 6.54 Å². The van der Waals surface area contributed by atoms with Crippen molar-refractivity contribution >= 4 is 16.9 Å². The Hall–Kier alpha value is -2.56. The van der Waals surface area contributed by atoms with Gasteiger partial charge in [-0.3, -0.25) is 4.79 Å². The number of hydrogen-bond acceptors (Lipinski definition) is 3. The summed E-state index contributed by atoms with van der Waals surface area (Å²) in [5.41, 5.74) is 2.93. The van der Waals surface area contributed by atoms with Gasteiger partial charge in [-0.25, -0.2) is 4.98 Å². The molecule has 1 amide bonds. The Morgan fingerprint density at radius 1 is 1.26 bits per heavy atom. The molecule has 1 aromatic carbocycles. The summed E-state index contributed by atoms with van der Waals surface area (Å²) in [6.45, 7) is 7.77. The minimum absolute atomic E-state index is 0.0356. The quantitative estimate of drug-likeness (QED) is 0.677. The highest BCUT2D eigenvalue weighted by atomic mass is 16.3. The number of carbonyl (C=O) groups is 1. The minimum Gasteiger partial charge on any atom is -0.451 e. The van der Waals surface area contributed by atoms with Crippen molar-refractivity contribution in [1.82, 2.24) is 14.5 Å². The Morgan fingerprint density at radius 3 is 2.89 bits per heavy atom. The molecule has 0 spiro atoms. The molecule has 0 aliphatic carbocycles. The number of likely N-dealkylation sites (tertiary alicyclic amines) is 1. The number of amides is 1. The highest BCUT2D eigenvalue weighted by Crippen LogP contribution is 2.30. The van der Waals surface area contributed by atoms with E-state index < -0.39 is 0 Å². The molecule has 0 bridgehead atoms. The van der Waals surface area contributed by atoms with E-state index in [0.717, 1.165) is 54.7 Å². The molecule has 1 aliphatic heterocycles. The number of imidazole rings is 1. The molecule has 0 N–H and O–H groups in total. The van der Waals surface area contributed by atoms with Crippen LogP contribution in [0.25, 0.3) is 11.0 Å². The summed E-state index contributed by atoms with van der Waals surface area (Å²) < 4.78 is 8.14. The van der Waals surface area contributed by atoms with Crippen LogP contribution in [0.2, 0.25) is 0 Å². The van der Waals surface area contributed by atoms with Gasteiger partial charge in [0.25, 0.3) is 5.91 Å². The Morgan fingerprint density at radius 2 is 2.11 bits per heavy atom. The molecule has 2 aromatic heterocycles. The van der Waals surface area contributed by atoms with Crippen LogP contribution in [0.15, 0.2) is 35.0 Å². The normalized spacial score (nSPS) is 17.6. The fourth-order valence-electron chi connectivity index (χ4n) is 4.17. The second-order valence-corrected chi connectivity index (χ2v) is 7.66. The topological polar surface area (TPSA) is 51.3 Å². The summed E-state index contributed by atoms with van der Waals surface area (Å²) in [5.74, 6) is 1.56. The van der Waals surface area contributed by atoms with E-state index in [0.29, 0.717) is 5.76 Å². The van der Waals surface area contributed by atoms with E-state index in [1.165, 1.54) is 12.0 Å². The lowest BCUT2D eigenvalue weighted by Gasteiger charge is -2.35. The zero-order chi connectivity index (χ0) is 19.0. The Bertz CT molecular complexity index is 969. The third-order valence-corrected chi connectivity index (χ3v) is 5.80. The number of nitrogens with zero attached hydrogens (tertiary/aromatic N) is 3. The van der Waals surface area contributed by atoms with Crippen molar-refractivity contribution in [3.63, 3.8) is 0 Å². The van der Waals surface area contributed by atoms with Crippen LogP contribution in [0, 0.1) is 20.8 Å². The summed E-state index contributed by atoms with van der Waals surface area (Å²) in [6, 6.07) is 6.34. The van der Waals surface area contributed by atoms with Gasteiger partial charge in [0, 0.05) is 42.5 Å². The summed E-state index contributed by atoms with van der Waals surface area (Å²) >= 11 is 0. The molecule has 1 aliphatic rings. The highest BCUT2D eigenvalue weighted by molar-refractivity contribution is 5.99. The number of furan rings is 1. The number of aryl methyl sites for hydroxylation is 4. The predicted octanol–water partition coefficient (Wildman–Crippen LogP) is 4.64. The first kappa shape index (κ1) is 17.8. The first-order valence-corrected chi connectivity index (χ1v) is 9.83. The van der Waals surface area contributed by atoms with Crippen molar-refractivity contribution in [3.8, 4) is 0 Å². The van der Waals surface area contributed by atoms with Crippen LogP contribution in [0.3, 0.4) is 0 Å². The average Bonchev–Trinajstić information content (AvgIpc) is 3.23. The van der Waals surface area contributed by atoms with Crippen LogP contribution in [-0.4, -0.2) is 32.9 Å². The van der Waals surface area contributed by atoms with Crippen LogP contribution in [-0.2, 0) is 6.54 Å². The largest absolute Gasteiger partial charge is 0.451 e. The van der Waals surface area contributed by atoms with Crippen molar-refractivity contribution < 1.29 is 9.21 Å². The summed E-state index contributed by atoms with van der Waals surface area (Å²) in [7, 11) is 0. The fraction of sp³-hybridized carbons (Fsp3) is 0.455. The average molecular weight is 365 g/mol. The zero-order valence-electron chi connectivity index (χ0n) is 16.4. The van der Waals surface area contributed by atoms with Crippen LogP contribution < -0.4 is 0 Å². The lowest BCUT2D eigenvalue weighted by Crippen LogP contribution is -2.44. The molecular formula is C22H27N3O2. The van der Waals surface area contributed by atoms with Crippen molar-refractivity contribution in [2.45, 2.75) is 59.0 Å². The molecule has 27 heavy (non-hydrogen) atoms. The van der Waals surface area contributed by atoms with E-state index in [4.69, 9.17) is 4.42 Å². The zero-order valence-corrected chi connectivity index (χ0v) is 16.4. The summed E-state index contributed by atoms with van der Waals surface area (Å²) in [5, 5.41) is 1.04. The lowest BCUT2D eigenvalue weighted by atomic mass is 9.98. The van der Waals surface area contributed by atoms with Crippen LogP contribution in [0.1, 0.15) is 53.2 Å². The number of benzene rings is 1. The van der Waals surface area contributed by atoms with Gasteiger partial charge in [0.2, 0.25) is 0 Å². The smallest absolute Gasteiger partial charge is 0.290 e. The van der Waals surface area contributed by atoms with E-state index in [2.05, 4.69) is 22.5 Å². The number of piperidine rings is 1.